The summed E-state index contributed by atoms with van der Waals surface area (Å²) in [7, 11) is -2.78. The molecular weight excluding hydrogens is 238 g/mol. The summed E-state index contributed by atoms with van der Waals surface area (Å²) in [5.41, 5.74) is 2.34. The molecule has 6 heteroatoms. The van der Waals surface area contributed by atoms with Crippen LogP contribution in [0.5, 0.6) is 0 Å². The first-order valence-electron chi connectivity index (χ1n) is 6.13. The maximum atomic E-state index is 11.4. The lowest BCUT2D eigenvalue weighted by atomic mass is 10.0. The number of nitrogens with zero attached hydrogens (tertiary/aromatic N) is 1. The number of rotatable bonds is 1. The van der Waals surface area contributed by atoms with Crippen LogP contribution in [0.4, 0.5) is 0 Å². The molecule has 3 heterocycles. The van der Waals surface area contributed by atoms with E-state index in [0.29, 0.717) is 30.3 Å². The third kappa shape index (κ3) is 2.24. The molecule has 1 aromatic heterocycles. The summed E-state index contributed by atoms with van der Waals surface area (Å²) >= 11 is 0. The molecule has 0 bridgehead atoms. The normalized spacial score (nSPS) is 24.5. The summed E-state index contributed by atoms with van der Waals surface area (Å²) in [6, 6.07) is 0. The molecule has 2 aliphatic heterocycles. The fourth-order valence-corrected chi connectivity index (χ4v) is 4.09. The van der Waals surface area contributed by atoms with Gasteiger partial charge in [-0.2, -0.15) is 0 Å². The zero-order valence-corrected chi connectivity index (χ0v) is 10.5. The Bertz CT molecular complexity index is 483. The van der Waals surface area contributed by atoms with Crippen LogP contribution in [0.2, 0.25) is 0 Å². The van der Waals surface area contributed by atoms with Gasteiger partial charge in [-0.15, -0.1) is 0 Å². The number of H-pyrrole nitrogens is 1. The average molecular weight is 255 g/mol. The molecule has 2 N–H and O–H groups in total. The zero-order valence-electron chi connectivity index (χ0n) is 9.70. The number of fused-ring (bicyclic) bond motifs is 1. The fourth-order valence-electron chi connectivity index (χ4n) is 2.60. The third-order valence-corrected chi connectivity index (χ3v) is 5.38. The van der Waals surface area contributed by atoms with Crippen molar-refractivity contribution in [3.8, 4) is 0 Å². The minimum Gasteiger partial charge on any atom is -0.344 e. The number of imidazole rings is 1. The topological polar surface area (TPSA) is 74.8 Å². The predicted molar refractivity (Wildman–Crippen MR) is 64.6 cm³/mol. The maximum absolute atomic E-state index is 11.4. The van der Waals surface area contributed by atoms with Crippen molar-refractivity contribution in [1.82, 2.24) is 15.3 Å². The maximum Gasteiger partial charge on any atom is 0.150 e. The summed E-state index contributed by atoms with van der Waals surface area (Å²) in [5.74, 6) is 1.90. The molecule has 5 nitrogen and oxygen atoms in total. The van der Waals surface area contributed by atoms with Gasteiger partial charge in [0.05, 0.1) is 22.9 Å². The highest BCUT2D eigenvalue weighted by Crippen LogP contribution is 2.28. The van der Waals surface area contributed by atoms with Gasteiger partial charge in [-0.1, -0.05) is 0 Å². The summed E-state index contributed by atoms with van der Waals surface area (Å²) in [6.45, 7) is 1.84. The van der Waals surface area contributed by atoms with Gasteiger partial charge in [-0.25, -0.2) is 13.4 Å². The Morgan fingerprint density at radius 1 is 1.24 bits per heavy atom. The van der Waals surface area contributed by atoms with Crippen molar-refractivity contribution in [2.24, 2.45) is 0 Å². The first kappa shape index (κ1) is 11.2. The van der Waals surface area contributed by atoms with Gasteiger partial charge in [0, 0.05) is 25.4 Å². The third-order valence-electron chi connectivity index (χ3n) is 3.66. The highest BCUT2D eigenvalue weighted by atomic mass is 32.2. The van der Waals surface area contributed by atoms with Gasteiger partial charge in [0.2, 0.25) is 0 Å². The second-order valence-electron chi connectivity index (χ2n) is 4.90. The van der Waals surface area contributed by atoms with Gasteiger partial charge < -0.3 is 10.3 Å². The number of aromatic amines is 1. The van der Waals surface area contributed by atoms with Crippen molar-refractivity contribution >= 4 is 9.84 Å². The molecule has 0 amide bonds. The Morgan fingerprint density at radius 2 is 2.00 bits per heavy atom. The minimum atomic E-state index is -2.78. The minimum absolute atomic E-state index is 0.295. The molecule has 0 aromatic carbocycles. The van der Waals surface area contributed by atoms with Crippen LogP contribution in [0.25, 0.3) is 0 Å². The van der Waals surface area contributed by atoms with E-state index in [2.05, 4.69) is 15.3 Å². The molecule has 1 saturated heterocycles. The second kappa shape index (κ2) is 4.10. The van der Waals surface area contributed by atoms with Gasteiger partial charge in [-0.3, -0.25) is 0 Å². The van der Waals surface area contributed by atoms with Crippen molar-refractivity contribution in [2.45, 2.75) is 31.7 Å². The lowest BCUT2D eigenvalue weighted by Crippen LogP contribution is -2.23. The van der Waals surface area contributed by atoms with Crippen molar-refractivity contribution in [1.29, 1.82) is 0 Å². The smallest absolute Gasteiger partial charge is 0.150 e. The van der Waals surface area contributed by atoms with Crippen LogP contribution in [-0.4, -0.2) is 36.4 Å². The van der Waals surface area contributed by atoms with Gasteiger partial charge in [-0.05, 0) is 12.8 Å². The summed E-state index contributed by atoms with van der Waals surface area (Å²) in [5, 5.41) is 3.30. The quantitative estimate of drug-likeness (QED) is 0.759. The van der Waals surface area contributed by atoms with Gasteiger partial charge in [0.25, 0.3) is 0 Å². The molecule has 2 aliphatic rings. The standard InChI is InChI=1S/C11H17N3O2S/c15-17(16)5-2-8(3-6-17)11-13-9-1-4-12-7-10(9)14-11/h8,12H,1-7H2,(H,13,14). The zero-order chi connectivity index (χ0) is 11.9. The van der Waals surface area contributed by atoms with Gasteiger partial charge in [0.15, 0.2) is 0 Å². The van der Waals surface area contributed by atoms with E-state index >= 15 is 0 Å². The van der Waals surface area contributed by atoms with E-state index in [4.69, 9.17) is 0 Å². The summed E-state index contributed by atoms with van der Waals surface area (Å²) in [6.07, 6.45) is 2.39. The van der Waals surface area contributed by atoms with E-state index < -0.39 is 9.84 Å². The molecule has 0 atom stereocenters. The molecule has 1 aromatic rings. The molecule has 0 radical (unpaired) electrons. The van der Waals surface area contributed by atoms with Crippen molar-refractivity contribution < 1.29 is 8.42 Å². The highest BCUT2D eigenvalue weighted by Gasteiger charge is 2.27. The van der Waals surface area contributed by atoms with Crippen LogP contribution < -0.4 is 5.32 Å². The van der Waals surface area contributed by atoms with E-state index in [0.717, 1.165) is 31.0 Å². The van der Waals surface area contributed by atoms with Crippen LogP contribution in [-0.2, 0) is 22.8 Å². The number of aromatic nitrogens is 2. The van der Waals surface area contributed by atoms with E-state index in [-0.39, 0.29) is 0 Å². The first-order chi connectivity index (χ1) is 8.14. The highest BCUT2D eigenvalue weighted by molar-refractivity contribution is 7.91. The lowest BCUT2D eigenvalue weighted by Gasteiger charge is -2.19. The summed E-state index contributed by atoms with van der Waals surface area (Å²) in [4.78, 5) is 7.99. The Labute approximate surface area is 101 Å². The molecule has 17 heavy (non-hydrogen) atoms. The Morgan fingerprint density at radius 3 is 2.71 bits per heavy atom. The Kier molecular flexibility index (Phi) is 2.71. The van der Waals surface area contributed by atoms with E-state index in [1.165, 1.54) is 5.69 Å². The average Bonchev–Trinajstić information content (AvgIpc) is 2.72. The van der Waals surface area contributed by atoms with Crippen LogP contribution in [0.15, 0.2) is 0 Å². The SMILES string of the molecule is O=S1(=O)CCC(c2nc3c([nH]2)CNCC3)CC1. The van der Waals surface area contributed by atoms with Crippen LogP contribution in [0.1, 0.15) is 36.0 Å². The largest absolute Gasteiger partial charge is 0.344 e. The number of hydrogen-bond acceptors (Lipinski definition) is 4. The molecule has 0 spiro atoms. The molecule has 3 rings (SSSR count). The second-order valence-corrected chi connectivity index (χ2v) is 7.20. The van der Waals surface area contributed by atoms with Crippen LogP contribution >= 0.6 is 0 Å². The Balaban J connectivity index is 1.79. The lowest BCUT2D eigenvalue weighted by molar-refractivity contribution is 0.539. The molecule has 0 unspecified atom stereocenters. The molecule has 1 fully saturated rings. The first-order valence-corrected chi connectivity index (χ1v) is 7.95. The molecule has 94 valence electrons. The number of sulfone groups is 1. The van der Waals surface area contributed by atoms with Crippen LogP contribution in [0, 0.1) is 0 Å². The van der Waals surface area contributed by atoms with E-state index in [1.54, 1.807) is 0 Å². The number of hydrogen-bond donors (Lipinski definition) is 2. The molecular formula is C11H17N3O2S. The van der Waals surface area contributed by atoms with Crippen LogP contribution in [0.3, 0.4) is 0 Å². The summed E-state index contributed by atoms with van der Waals surface area (Å²) < 4.78 is 22.8. The molecule has 0 aliphatic carbocycles. The number of nitrogens with one attached hydrogen (secondary N) is 2. The fraction of sp³-hybridized carbons (Fsp3) is 0.727. The Hall–Kier alpha value is -0.880. The van der Waals surface area contributed by atoms with E-state index in [1.807, 2.05) is 0 Å². The van der Waals surface area contributed by atoms with Gasteiger partial charge in [0.1, 0.15) is 15.7 Å². The van der Waals surface area contributed by atoms with E-state index in [9.17, 15) is 8.42 Å². The monoisotopic (exact) mass is 255 g/mol. The van der Waals surface area contributed by atoms with Crippen molar-refractivity contribution in [2.75, 3.05) is 18.1 Å². The van der Waals surface area contributed by atoms with Gasteiger partial charge >= 0.3 is 0 Å². The van der Waals surface area contributed by atoms with Crippen molar-refractivity contribution in [3.05, 3.63) is 17.2 Å². The van der Waals surface area contributed by atoms with Crippen molar-refractivity contribution in [3.63, 3.8) is 0 Å². The molecule has 0 saturated carbocycles. The predicted octanol–water partition coefficient (Wildman–Crippen LogP) is 0.348.